The Balaban J connectivity index is 1.60. The van der Waals surface area contributed by atoms with Gasteiger partial charge in [-0.1, -0.05) is 65.7 Å². The summed E-state index contributed by atoms with van der Waals surface area (Å²) in [5.41, 5.74) is 6.77. The van der Waals surface area contributed by atoms with Crippen LogP contribution in [0.4, 0.5) is 5.69 Å². The minimum absolute atomic E-state index is 0.0249. The van der Waals surface area contributed by atoms with Gasteiger partial charge in [-0.15, -0.1) is 11.8 Å². The zero-order valence-corrected chi connectivity index (χ0v) is 19.4. The zero-order valence-electron chi connectivity index (χ0n) is 18.6. The number of thioether (sulfide) groups is 1. The highest BCUT2D eigenvalue weighted by molar-refractivity contribution is 8.01. The van der Waals surface area contributed by atoms with Gasteiger partial charge < -0.3 is 9.80 Å². The van der Waals surface area contributed by atoms with Crippen molar-refractivity contribution < 1.29 is 9.59 Å². The highest BCUT2D eigenvalue weighted by Crippen LogP contribution is 2.55. The van der Waals surface area contributed by atoms with Crippen molar-refractivity contribution in [1.82, 2.24) is 4.90 Å². The van der Waals surface area contributed by atoms with Crippen molar-refractivity contribution >= 4 is 29.3 Å². The Morgan fingerprint density at radius 1 is 0.969 bits per heavy atom. The van der Waals surface area contributed by atoms with E-state index in [1.165, 1.54) is 5.56 Å². The van der Waals surface area contributed by atoms with E-state index in [1.807, 2.05) is 55.1 Å². The van der Waals surface area contributed by atoms with Gasteiger partial charge in [0, 0.05) is 23.4 Å². The third kappa shape index (κ3) is 3.15. The average molecular weight is 443 g/mol. The third-order valence-electron chi connectivity index (χ3n) is 6.43. The van der Waals surface area contributed by atoms with Crippen molar-refractivity contribution in [2.45, 2.75) is 32.2 Å². The standard InChI is InChI=1S/C27H26N2O2S/c1-18-8-11-21(12-9-18)17-28-24-13-10-19(2)16-23(24)27(26(28)31)29(14-15-32-27)25(30)22-7-5-4-6-20(22)3/h4-13,16H,14-15,17H2,1-3H3/t27-/m0/s1. The van der Waals surface area contributed by atoms with Gasteiger partial charge in [0.05, 0.1) is 12.2 Å². The Morgan fingerprint density at radius 3 is 2.44 bits per heavy atom. The number of nitrogens with zero attached hydrogens (tertiary/aromatic N) is 2. The minimum Gasteiger partial charge on any atom is -0.311 e. The molecule has 162 valence electrons. The summed E-state index contributed by atoms with van der Waals surface area (Å²) in [5.74, 6) is 0.629. The molecule has 2 aliphatic rings. The lowest BCUT2D eigenvalue weighted by atomic mass is 10.0. The Morgan fingerprint density at radius 2 is 1.69 bits per heavy atom. The number of hydrogen-bond acceptors (Lipinski definition) is 3. The summed E-state index contributed by atoms with van der Waals surface area (Å²) < 4.78 is 0. The molecule has 0 saturated carbocycles. The van der Waals surface area contributed by atoms with E-state index in [0.29, 0.717) is 18.7 Å². The van der Waals surface area contributed by atoms with Crippen molar-refractivity contribution in [2.24, 2.45) is 0 Å². The van der Waals surface area contributed by atoms with Crippen molar-refractivity contribution in [3.63, 3.8) is 0 Å². The van der Waals surface area contributed by atoms with Crippen LogP contribution in [-0.2, 0) is 16.2 Å². The number of amides is 2. The molecule has 0 N–H and O–H groups in total. The molecule has 0 aliphatic carbocycles. The van der Waals surface area contributed by atoms with Crippen LogP contribution in [0.3, 0.4) is 0 Å². The largest absolute Gasteiger partial charge is 0.311 e. The topological polar surface area (TPSA) is 40.6 Å². The van der Waals surface area contributed by atoms with Crippen LogP contribution < -0.4 is 4.90 Å². The number of aryl methyl sites for hydroxylation is 3. The lowest BCUT2D eigenvalue weighted by Crippen LogP contribution is -2.50. The minimum atomic E-state index is -1.01. The molecule has 3 aromatic carbocycles. The summed E-state index contributed by atoms with van der Waals surface area (Å²) in [6.07, 6.45) is 0. The first-order valence-corrected chi connectivity index (χ1v) is 11.9. The Kier molecular flexibility index (Phi) is 5.09. The second-order valence-corrected chi connectivity index (χ2v) is 9.95. The van der Waals surface area contributed by atoms with E-state index in [-0.39, 0.29) is 11.8 Å². The maximum absolute atomic E-state index is 14.1. The molecule has 4 nitrogen and oxygen atoms in total. The van der Waals surface area contributed by atoms with Gasteiger partial charge in [-0.05, 0) is 44.0 Å². The molecule has 1 saturated heterocycles. The number of fused-ring (bicyclic) bond motifs is 2. The van der Waals surface area contributed by atoms with Gasteiger partial charge >= 0.3 is 0 Å². The van der Waals surface area contributed by atoms with Crippen LogP contribution in [0.2, 0.25) is 0 Å². The zero-order chi connectivity index (χ0) is 22.5. The summed E-state index contributed by atoms with van der Waals surface area (Å²) >= 11 is 1.58. The Hall–Kier alpha value is -3.05. The summed E-state index contributed by atoms with van der Waals surface area (Å²) in [6, 6.07) is 22.0. The second kappa shape index (κ2) is 7.82. The lowest BCUT2D eigenvalue weighted by Gasteiger charge is -2.33. The average Bonchev–Trinajstić information content (AvgIpc) is 3.32. The van der Waals surface area contributed by atoms with Gasteiger partial charge in [-0.2, -0.15) is 0 Å². The van der Waals surface area contributed by atoms with Crippen LogP contribution in [0.25, 0.3) is 0 Å². The molecule has 5 rings (SSSR count). The smallest absolute Gasteiger partial charge is 0.268 e. The highest BCUT2D eigenvalue weighted by Gasteiger charge is 2.59. The fourth-order valence-electron chi connectivity index (χ4n) is 4.72. The van der Waals surface area contributed by atoms with E-state index < -0.39 is 4.87 Å². The first kappa shape index (κ1) is 20.8. The number of carbonyl (C=O) groups is 2. The molecular weight excluding hydrogens is 416 g/mol. The predicted octanol–water partition coefficient (Wildman–Crippen LogP) is 5.20. The van der Waals surface area contributed by atoms with E-state index in [4.69, 9.17) is 0 Å². The number of hydrogen-bond donors (Lipinski definition) is 0. The van der Waals surface area contributed by atoms with Crippen molar-refractivity contribution in [3.8, 4) is 0 Å². The van der Waals surface area contributed by atoms with Gasteiger partial charge in [0.15, 0.2) is 4.87 Å². The molecule has 32 heavy (non-hydrogen) atoms. The summed E-state index contributed by atoms with van der Waals surface area (Å²) in [7, 11) is 0. The van der Waals surface area contributed by atoms with Crippen molar-refractivity contribution in [1.29, 1.82) is 0 Å². The quantitative estimate of drug-likeness (QED) is 0.560. The van der Waals surface area contributed by atoms with Crippen molar-refractivity contribution in [2.75, 3.05) is 17.2 Å². The van der Waals surface area contributed by atoms with Crippen LogP contribution in [0.1, 0.15) is 38.2 Å². The first-order valence-electron chi connectivity index (χ1n) is 10.9. The normalized spacial score (nSPS) is 19.7. The SMILES string of the molecule is Cc1ccc(CN2C(=O)[C@@]3(SCCN3C(=O)c3ccccc3C)c3cc(C)ccc32)cc1. The molecular formula is C27H26N2O2S. The molecule has 3 aromatic rings. The number of benzene rings is 3. The van der Waals surface area contributed by atoms with Gasteiger partial charge in [-0.3, -0.25) is 9.59 Å². The molecule has 2 heterocycles. The molecule has 2 aliphatic heterocycles. The molecule has 0 unspecified atom stereocenters. The Labute approximate surface area is 193 Å². The molecule has 1 fully saturated rings. The second-order valence-electron chi connectivity index (χ2n) is 8.66. The number of anilines is 1. The summed E-state index contributed by atoms with van der Waals surface area (Å²) in [5, 5.41) is 0. The molecule has 5 heteroatoms. The molecule has 0 bridgehead atoms. The van der Waals surface area contributed by atoms with Gasteiger partial charge in [0.1, 0.15) is 0 Å². The lowest BCUT2D eigenvalue weighted by molar-refractivity contribution is -0.123. The first-order chi connectivity index (χ1) is 15.4. The number of rotatable bonds is 3. The maximum atomic E-state index is 14.1. The van der Waals surface area contributed by atoms with E-state index in [2.05, 4.69) is 37.3 Å². The van der Waals surface area contributed by atoms with Crippen LogP contribution >= 0.6 is 11.8 Å². The fourth-order valence-corrected chi connectivity index (χ4v) is 6.17. The van der Waals surface area contributed by atoms with Crippen LogP contribution in [-0.4, -0.2) is 29.0 Å². The van der Waals surface area contributed by atoms with Crippen LogP contribution in [0.5, 0.6) is 0 Å². The third-order valence-corrected chi connectivity index (χ3v) is 7.85. The number of carbonyl (C=O) groups excluding carboxylic acids is 2. The van der Waals surface area contributed by atoms with E-state index >= 15 is 0 Å². The van der Waals surface area contributed by atoms with E-state index in [0.717, 1.165) is 33.7 Å². The van der Waals surface area contributed by atoms with Gasteiger partial charge in [-0.25, -0.2) is 0 Å². The molecule has 1 atom stereocenters. The summed E-state index contributed by atoms with van der Waals surface area (Å²) in [4.78, 5) is 30.5. The monoisotopic (exact) mass is 442 g/mol. The predicted molar refractivity (Wildman–Crippen MR) is 130 cm³/mol. The fraction of sp³-hybridized carbons (Fsp3) is 0.259. The van der Waals surface area contributed by atoms with Gasteiger partial charge in [0.2, 0.25) is 0 Å². The molecule has 2 amide bonds. The molecule has 1 spiro atoms. The van der Waals surface area contributed by atoms with E-state index in [9.17, 15) is 9.59 Å². The summed E-state index contributed by atoms with van der Waals surface area (Å²) in [6.45, 7) is 7.08. The highest BCUT2D eigenvalue weighted by atomic mass is 32.2. The maximum Gasteiger partial charge on any atom is 0.268 e. The Bertz CT molecular complexity index is 1220. The van der Waals surface area contributed by atoms with Crippen LogP contribution in [0.15, 0.2) is 66.7 Å². The van der Waals surface area contributed by atoms with Crippen LogP contribution in [0, 0.1) is 20.8 Å². The van der Waals surface area contributed by atoms with Crippen molar-refractivity contribution in [3.05, 3.63) is 100 Å². The molecule has 0 aromatic heterocycles. The molecule has 0 radical (unpaired) electrons. The van der Waals surface area contributed by atoms with E-state index in [1.54, 1.807) is 16.7 Å². The van der Waals surface area contributed by atoms with Gasteiger partial charge in [0.25, 0.3) is 11.8 Å².